The van der Waals surface area contributed by atoms with Gasteiger partial charge in [-0.05, 0) is 70.6 Å². The topological polar surface area (TPSA) is 97.4 Å². The number of nitrogens with zero attached hydrogens (tertiary/aromatic N) is 2. The molecule has 5 aliphatic rings. The molecular formula is C31H53N3O6. The van der Waals surface area contributed by atoms with Crippen molar-refractivity contribution in [2.24, 2.45) is 29.6 Å². The highest BCUT2D eigenvalue weighted by atomic mass is 17.3. The standard InChI is InChI=1S/C31H53N3O6/c1-9-10-16-33(19-25(35)32-29(6,7)18-20(2)3)26(36)14-17-34-27(37)22(5)24-12-11-21(4)23-13-15-30(8)38-28(34)31(23,24)40-39-30/h20-24,28H,9-19H2,1-8H3,(H,32,35)/t21-,22+,23?,24?,28?,30?,31+/m0/s1. The fourth-order valence-electron chi connectivity index (χ4n) is 8.06. The average molecular weight is 564 g/mol. The Balaban J connectivity index is 1.50. The van der Waals surface area contributed by atoms with Crippen LogP contribution in [0.1, 0.15) is 107 Å². The van der Waals surface area contributed by atoms with Crippen LogP contribution in [0.25, 0.3) is 0 Å². The lowest BCUT2D eigenvalue weighted by Gasteiger charge is -2.61. The summed E-state index contributed by atoms with van der Waals surface area (Å²) < 4.78 is 6.59. The maximum atomic E-state index is 13.8. The van der Waals surface area contributed by atoms with Gasteiger partial charge in [0.15, 0.2) is 11.8 Å². The number of unbranched alkanes of at least 4 members (excludes halogenated alkanes) is 1. The van der Waals surface area contributed by atoms with Crippen LogP contribution in [0.5, 0.6) is 0 Å². The van der Waals surface area contributed by atoms with Crippen molar-refractivity contribution >= 4 is 17.7 Å². The minimum Gasteiger partial charge on any atom is -0.350 e. The predicted octanol–water partition coefficient (Wildman–Crippen LogP) is 4.64. The van der Waals surface area contributed by atoms with Crippen molar-refractivity contribution in [2.75, 3.05) is 19.6 Å². The Morgan fingerprint density at radius 3 is 2.55 bits per heavy atom. The summed E-state index contributed by atoms with van der Waals surface area (Å²) in [6, 6.07) is 0. The van der Waals surface area contributed by atoms with Crippen LogP contribution in [-0.4, -0.2) is 70.3 Å². The molecule has 1 saturated carbocycles. The Morgan fingerprint density at radius 2 is 1.88 bits per heavy atom. The van der Waals surface area contributed by atoms with Crippen molar-refractivity contribution in [1.82, 2.24) is 15.1 Å². The number of nitrogens with one attached hydrogen (secondary N) is 1. The molecule has 1 spiro atoms. The third-order valence-corrected chi connectivity index (χ3v) is 9.79. The molecule has 5 fully saturated rings. The second kappa shape index (κ2) is 11.9. The molecule has 3 amide bonds. The van der Waals surface area contributed by atoms with Crippen molar-refractivity contribution in [3.63, 3.8) is 0 Å². The lowest BCUT2D eigenvalue weighted by molar-refractivity contribution is -0.547. The van der Waals surface area contributed by atoms with E-state index in [-0.39, 0.29) is 60.5 Å². The van der Waals surface area contributed by atoms with Crippen LogP contribution in [0.2, 0.25) is 0 Å². The number of amides is 3. The smallest absolute Gasteiger partial charge is 0.240 e. The van der Waals surface area contributed by atoms with E-state index in [1.807, 2.05) is 27.7 Å². The first kappa shape index (κ1) is 31.2. The normalized spacial score (nSPS) is 35.4. The zero-order valence-corrected chi connectivity index (χ0v) is 26.1. The van der Waals surface area contributed by atoms with E-state index in [0.717, 1.165) is 38.5 Å². The summed E-state index contributed by atoms with van der Waals surface area (Å²) in [5, 5.41) is 3.11. The molecule has 9 heteroatoms. The molecule has 228 valence electrons. The molecule has 7 atom stereocenters. The molecule has 0 aromatic rings. The van der Waals surface area contributed by atoms with Gasteiger partial charge in [0.25, 0.3) is 0 Å². The van der Waals surface area contributed by atoms with E-state index >= 15 is 0 Å². The number of fused-ring (bicyclic) bond motifs is 2. The second-order valence-corrected chi connectivity index (χ2v) is 14.2. The number of hydrogen-bond acceptors (Lipinski definition) is 6. The van der Waals surface area contributed by atoms with Crippen molar-refractivity contribution in [3.8, 4) is 0 Å². The number of carbonyl (C=O) groups is 3. The maximum absolute atomic E-state index is 13.8. The molecular weight excluding hydrogens is 510 g/mol. The van der Waals surface area contributed by atoms with Crippen molar-refractivity contribution < 1.29 is 28.9 Å². The van der Waals surface area contributed by atoms with Gasteiger partial charge in [-0.2, -0.15) is 0 Å². The zero-order valence-electron chi connectivity index (χ0n) is 26.1. The van der Waals surface area contributed by atoms with Crippen LogP contribution in [0.15, 0.2) is 0 Å². The maximum Gasteiger partial charge on any atom is 0.240 e. The molecule has 0 radical (unpaired) electrons. The highest BCUT2D eigenvalue weighted by molar-refractivity contribution is 5.86. The minimum absolute atomic E-state index is 0.00904. The molecule has 1 aliphatic carbocycles. The van der Waals surface area contributed by atoms with Gasteiger partial charge in [0.2, 0.25) is 23.5 Å². The van der Waals surface area contributed by atoms with Crippen LogP contribution < -0.4 is 5.32 Å². The summed E-state index contributed by atoms with van der Waals surface area (Å²) in [7, 11) is 0. The predicted molar refractivity (Wildman–Crippen MR) is 151 cm³/mol. The SMILES string of the molecule is CCCCN(CC(=O)NC(C)(C)CC(C)C)C(=O)CCN1C(=O)[C@H](C)C2CC[C@H](C)C3CCC4(C)OO[C@]32C1O4. The Labute approximate surface area is 240 Å². The number of likely N-dealkylation sites (tertiary alicyclic amines) is 1. The largest absolute Gasteiger partial charge is 0.350 e. The molecule has 9 nitrogen and oxygen atoms in total. The summed E-state index contributed by atoms with van der Waals surface area (Å²) in [6.45, 7) is 17.3. The number of rotatable bonds is 11. The monoisotopic (exact) mass is 563 g/mol. The quantitative estimate of drug-likeness (QED) is 0.368. The lowest BCUT2D eigenvalue weighted by atomic mass is 9.57. The van der Waals surface area contributed by atoms with Crippen LogP contribution in [0.3, 0.4) is 0 Å². The van der Waals surface area contributed by atoms with Gasteiger partial charge in [0.1, 0.15) is 0 Å². The highest BCUT2D eigenvalue weighted by Gasteiger charge is 2.70. The minimum atomic E-state index is -0.922. The van der Waals surface area contributed by atoms with Gasteiger partial charge in [0, 0.05) is 43.3 Å². The van der Waals surface area contributed by atoms with Crippen molar-refractivity contribution in [2.45, 2.75) is 130 Å². The third kappa shape index (κ3) is 6.07. The Bertz CT molecular complexity index is 955. The molecule has 2 bridgehead atoms. The Kier molecular flexibility index (Phi) is 9.28. The van der Waals surface area contributed by atoms with Crippen LogP contribution in [-0.2, 0) is 28.9 Å². The van der Waals surface area contributed by atoms with Crippen LogP contribution >= 0.6 is 0 Å². The van der Waals surface area contributed by atoms with Gasteiger partial charge in [0.05, 0.1) is 6.54 Å². The Morgan fingerprint density at radius 1 is 1.15 bits per heavy atom. The molecule has 1 N–H and O–H groups in total. The first-order valence-corrected chi connectivity index (χ1v) is 15.7. The number of carbonyl (C=O) groups excluding carboxylic acids is 3. The van der Waals surface area contributed by atoms with Crippen LogP contribution in [0.4, 0.5) is 0 Å². The van der Waals surface area contributed by atoms with E-state index in [2.05, 4.69) is 33.0 Å². The second-order valence-electron chi connectivity index (χ2n) is 14.2. The number of hydrogen-bond donors (Lipinski definition) is 1. The third-order valence-electron chi connectivity index (χ3n) is 9.79. The van der Waals surface area contributed by atoms with Crippen LogP contribution in [0, 0.1) is 29.6 Å². The molecule has 4 aliphatic heterocycles. The average Bonchev–Trinajstić information content (AvgIpc) is 3.09. The van der Waals surface area contributed by atoms with E-state index in [1.54, 1.807) is 9.80 Å². The summed E-state index contributed by atoms with van der Waals surface area (Å²) in [5.74, 6) is -0.333. The van der Waals surface area contributed by atoms with E-state index < -0.39 is 17.6 Å². The molecule has 0 aromatic heterocycles. The van der Waals surface area contributed by atoms with E-state index in [0.29, 0.717) is 24.8 Å². The van der Waals surface area contributed by atoms with Gasteiger partial charge in [-0.3, -0.25) is 14.4 Å². The van der Waals surface area contributed by atoms with Gasteiger partial charge < -0.3 is 19.9 Å². The highest BCUT2D eigenvalue weighted by Crippen LogP contribution is 2.60. The fourth-order valence-corrected chi connectivity index (χ4v) is 8.06. The molecule has 4 unspecified atom stereocenters. The van der Waals surface area contributed by atoms with E-state index in [1.165, 1.54) is 0 Å². The van der Waals surface area contributed by atoms with E-state index in [4.69, 9.17) is 14.5 Å². The molecule has 0 aromatic carbocycles. The molecule has 5 rings (SSSR count). The number of ether oxygens (including phenoxy) is 1. The van der Waals surface area contributed by atoms with Gasteiger partial charge in [-0.15, -0.1) is 0 Å². The number of piperidine rings is 1. The van der Waals surface area contributed by atoms with Gasteiger partial charge in [-0.25, -0.2) is 9.78 Å². The summed E-state index contributed by atoms with van der Waals surface area (Å²) in [6.07, 6.45) is 5.70. The van der Waals surface area contributed by atoms with Crippen molar-refractivity contribution in [1.29, 1.82) is 0 Å². The zero-order chi connectivity index (χ0) is 29.5. The summed E-state index contributed by atoms with van der Waals surface area (Å²) >= 11 is 0. The van der Waals surface area contributed by atoms with Gasteiger partial charge >= 0.3 is 0 Å². The lowest BCUT2D eigenvalue weighted by Crippen LogP contribution is -2.75. The molecule has 40 heavy (non-hydrogen) atoms. The summed E-state index contributed by atoms with van der Waals surface area (Å²) in [5.41, 5.74) is -1.08. The fraction of sp³-hybridized carbons (Fsp3) is 0.903. The Hall–Kier alpha value is -1.71. The summed E-state index contributed by atoms with van der Waals surface area (Å²) in [4.78, 5) is 56.0. The molecule has 4 heterocycles. The molecule has 4 saturated heterocycles. The van der Waals surface area contributed by atoms with Crippen molar-refractivity contribution in [3.05, 3.63) is 0 Å². The first-order chi connectivity index (χ1) is 18.7. The van der Waals surface area contributed by atoms with E-state index in [9.17, 15) is 14.4 Å². The first-order valence-electron chi connectivity index (χ1n) is 15.7. The van der Waals surface area contributed by atoms with Gasteiger partial charge in [-0.1, -0.05) is 41.0 Å².